The summed E-state index contributed by atoms with van der Waals surface area (Å²) >= 11 is 11.5. The van der Waals surface area contributed by atoms with E-state index >= 15 is 0 Å². The van der Waals surface area contributed by atoms with E-state index in [-0.39, 0.29) is 15.8 Å². The molecule has 29 heavy (non-hydrogen) atoms. The van der Waals surface area contributed by atoms with Gasteiger partial charge < -0.3 is 9.47 Å². The first kappa shape index (κ1) is 21.2. The van der Waals surface area contributed by atoms with Crippen molar-refractivity contribution in [2.75, 3.05) is 0 Å². The summed E-state index contributed by atoms with van der Waals surface area (Å²) in [5, 5.41) is 9.60. The third-order valence-electron chi connectivity index (χ3n) is 5.12. The molecule has 4 nitrogen and oxygen atoms in total. The van der Waals surface area contributed by atoms with Crippen LogP contribution in [0, 0.1) is 28.6 Å². The first-order valence-corrected chi connectivity index (χ1v) is 10.0. The molecule has 0 bridgehead atoms. The maximum Gasteiger partial charge on any atom is 0.311 e. The highest BCUT2D eigenvalue weighted by atomic mass is 35.5. The van der Waals surface area contributed by atoms with Gasteiger partial charge in [0, 0.05) is 5.56 Å². The number of para-hydroxylation sites is 1. The second kappa shape index (κ2) is 8.90. The number of esters is 1. The number of halogens is 2. The van der Waals surface area contributed by atoms with Crippen molar-refractivity contribution < 1.29 is 14.3 Å². The summed E-state index contributed by atoms with van der Waals surface area (Å²) in [6.07, 6.45) is 1.40. The van der Waals surface area contributed by atoms with Crippen LogP contribution in [0.2, 0.25) is 0 Å². The summed E-state index contributed by atoms with van der Waals surface area (Å²) in [6.45, 7) is 3.97. The zero-order chi connectivity index (χ0) is 21.0. The van der Waals surface area contributed by atoms with Crippen LogP contribution in [0.15, 0.2) is 65.2 Å². The number of carbonyl (C=O) groups excluding carboxylic acids is 1. The quantitative estimate of drug-likeness (QED) is 0.487. The molecule has 0 spiro atoms. The van der Waals surface area contributed by atoms with Crippen LogP contribution in [0.1, 0.15) is 31.9 Å². The van der Waals surface area contributed by atoms with Gasteiger partial charge >= 0.3 is 5.97 Å². The summed E-state index contributed by atoms with van der Waals surface area (Å²) in [5.41, 5.74) is 0.300. The minimum atomic E-state index is -1.03. The van der Waals surface area contributed by atoms with Crippen LogP contribution in [0.25, 0.3) is 0 Å². The van der Waals surface area contributed by atoms with Crippen LogP contribution in [-0.4, -0.2) is 5.97 Å². The van der Waals surface area contributed by atoms with E-state index in [1.807, 2.05) is 44.2 Å². The van der Waals surface area contributed by atoms with Crippen LogP contribution in [-0.2, 0) is 9.53 Å². The predicted molar refractivity (Wildman–Crippen MR) is 113 cm³/mol. The normalized spacial score (nSPS) is 20.5. The van der Waals surface area contributed by atoms with Crippen LogP contribution in [0.4, 0.5) is 0 Å². The molecule has 0 aliphatic heterocycles. The second-order valence-electron chi connectivity index (χ2n) is 7.72. The van der Waals surface area contributed by atoms with E-state index < -0.39 is 18.0 Å². The van der Waals surface area contributed by atoms with Gasteiger partial charge in [0.15, 0.2) is 0 Å². The summed E-state index contributed by atoms with van der Waals surface area (Å²) < 4.78 is 11.5. The zero-order valence-corrected chi connectivity index (χ0v) is 17.7. The van der Waals surface area contributed by atoms with Crippen molar-refractivity contribution in [1.82, 2.24) is 0 Å². The van der Waals surface area contributed by atoms with Crippen molar-refractivity contribution >= 4 is 29.2 Å². The lowest BCUT2D eigenvalue weighted by Gasteiger charge is -2.48. The molecular formula is C23H21Cl2NO3. The molecule has 150 valence electrons. The van der Waals surface area contributed by atoms with Crippen LogP contribution >= 0.6 is 23.2 Å². The number of hydrogen-bond donors (Lipinski definition) is 0. The molecule has 0 aromatic heterocycles. The number of rotatable bonds is 6. The van der Waals surface area contributed by atoms with Gasteiger partial charge in [-0.25, -0.2) is 0 Å². The largest absolute Gasteiger partial charge is 0.457 e. The van der Waals surface area contributed by atoms with Gasteiger partial charge in [-0.15, -0.1) is 0 Å². The molecular weight excluding hydrogens is 409 g/mol. The Hall–Kier alpha value is -2.48. The topological polar surface area (TPSA) is 59.3 Å². The lowest BCUT2D eigenvalue weighted by atomic mass is 9.55. The van der Waals surface area contributed by atoms with E-state index in [0.29, 0.717) is 17.1 Å². The Kier molecular flexibility index (Phi) is 6.52. The van der Waals surface area contributed by atoms with E-state index in [1.54, 1.807) is 30.3 Å². The molecule has 0 saturated heterocycles. The SMILES string of the molecule is CC1(C)CC(C=C(Cl)Cl)C1C(=O)OC(C#N)c1cccc(Oc2ccccc2)c1. The molecule has 3 atom stereocenters. The van der Waals surface area contributed by atoms with Gasteiger partial charge in [-0.1, -0.05) is 73.5 Å². The van der Waals surface area contributed by atoms with E-state index in [1.165, 1.54) is 0 Å². The molecule has 0 radical (unpaired) electrons. The summed E-state index contributed by atoms with van der Waals surface area (Å²) in [7, 11) is 0. The van der Waals surface area contributed by atoms with Crippen molar-refractivity contribution in [3.8, 4) is 17.6 Å². The van der Waals surface area contributed by atoms with Crippen LogP contribution < -0.4 is 4.74 Å². The monoisotopic (exact) mass is 429 g/mol. The fourth-order valence-electron chi connectivity index (χ4n) is 3.81. The molecule has 2 aromatic rings. The number of ether oxygens (including phenoxy) is 2. The Balaban J connectivity index is 1.74. The van der Waals surface area contributed by atoms with E-state index in [4.69, 9.17) is 32.7 Å². The average molecular weight is 430 g/mol. The minimum Gasteiger partial charge on any atom is -0.457 e. The van der Waals surface area contributed by atoms with Gasteiger partial charge in [-0.2, -0.15) is 5.26 Å². The molecule has 3 unspecified atom stereocenters. The third kappa shape index (κ3) is 5.12. The highest BCUT2D eigenvalue weighted by Gasteiger charge is 2.52. The first-order chi connectivity index (χ1) is 13.8. The van der Waals surface area contributed by atoms with Crippen LogP contribution in [0.3, 0.4) is 0 Å². The second-order valence-corrected chi connectivity index (χ2v) is 8.73. The first-order valence-electron chi connectivity index (χ1n) is 9.26. The maximum absolute atomic E-state index is 12.8. The van der Waals surface area contributed by atoms with Crippen molar-refractivity contribution in [2.45, 2.75) is 26.4 Å². The number of benzene rings is 2. The van der Waals surface area contributed by atoms with E-state index in [9.17, 15) is 10.1 Å². The van der Waals surface area contributed by atoms with Crippen molar-refractivity contribution in [1.29, 1.82) is 5.26 Å². The van der Waals surface area contributed by atoms with Crippen LogP contribution in [0.5, 0.6) is 11.5 Å². The van der Waals surface area contributed by atoms with E-state index in [2.05, 4.69) is 6.07 Å². The fourth-order valence-corrected chi connectivity index (χ4v) is 4.13. The van der Waals surface area contributed by atoms with Gasteiger partial charge in [0.05, 0.1) is 5.92 Å². The molecule has 1 aliphatic carbocycles. The fraction of sp³-hybridized carbons (Fsp3) is 0.304. The Labute approximate surface area is 180 Å². The average Bonchev–Trinajstić information content (AvgIpc) is 2.66. The summed E-state index contributed by atoms with van der Waals surface area (Å²) in [5.74, 6) is 0.296. The highest BCUT2D eigenvalue weighted by molar-refractivity contribution is 6.55. The molecule has 1 fully saturated rings. The number of nitrogens with zero attached hydrogens (tertiary/aromatic N) is 1. The summed E-state index contributed by atoms with van der Waals surface area (Å²) in [4.78, 5) is 12.8. The van der Waals surface area contributed by atoms with Gasteiger partial charge in [0.2, 0.25) is 6.10 Å². The van der Waals surface area contributed by atoms with Gasteiger partial charge in [0.1, 0.15) is 22.1 Å². The molecule has 0 amide bonds. The maximum atomic E-state index is 12.8. The van der Waals surface area contributed by atoms with Crippen molar-refractivity contribution in [2.24, 2.45) is 17.3 Å². The number of nitriles is 1. The predicted octanol–water partition coefficient (Wildman–Crippen LogP) is 6.57. The zero-order valence-electron chi connectivity index (χ0n) is 16.1. The number of carbonyl (C=O) groups is 1. The molecule has 0 N–H and O–H groups in total. The highest BCUT2D eigenvalue weighted by Crippen LogP contribution is 2.52. The van der Waals surface area contributed by atoms with Gasteiger partial charge in [0.25, 0.3) is 0 Å². The van der Waals surface area contributed by atoms with Gasteiger partial charge in [-0.05, 0) is 42.0 Å². The Morgan fingerprint density at radius 3 is 2.48 bits per heavy atom. The Morgan fingerprint density at radius 1 is 1.17 bits per heavy atom. The molecule has 6 heteroatoms. The third-order valence-corrected chi connectivity index (χ3v) is 5.37. The number of allylic oxidation sites excluding steroid dienone is 1. The minimum absolute atomic E-state index is 0.102. The Morgan fingerprint density at radius 2 is 1.86 bits per heavy atom. The molecule has 1 saturated carbocycles. The van der Waals surface area contributed by atoms with Gasteiger partial charge in [-0.3, -0.25) is 4.79 Å². The molecule has 2 aromatic carbocycles. The van der Waals surface area contributed by atoms with Crippen molar-refractivity contribution in [3.05, 3.63) is 70.7 Å². The molecule has 0 heterocycles. The number of hydrogen-bond acceptors (Lipinski definition) is 4. The van der Waals surface area contributed by atoms with E-state index in [0.717, 1.165) is 6.42 Å². The smallest absolute Gasteiger partial charge is 0.311 e. The lowest BCUT2D eigenvalue weighted by molar-refractivity contribution is -0.167. The Bertz CT molecular complexity index is 946. The standard InChI is InChI=1S/C23H21Cl2NO3/c1-23(2)13-16(12-20(24)25)21(23)22(27)29-19(14-26)15-7-6-10-18(11-15)28-17-8-4-3-5-9-17/h3-12,16,19,21H,13H2,1-2H3. The van der Waals surface area contributed by atoms with Crippen molar-refractivity contribution in [3.63, 3.8) is 0 Å². The molecule has 3 rings (SSSR count). The molecule has 1 aliphatic rings. The lowest BCUT2D eigenvalue weighted by Crippen LogP contribution is -2.48. The summed E-state index contributed by atoms with van der Waals surface area (Å²) in [6, 6.07) is 18.4.